The van der Waals surface area contributed by atoms with E-state index in [9.17, 15) is 10.4 Å². The van der Waals surface area contributed by atoms with E-state index < -0.39 is 0 Å². The van der Waals surface area contributed by atoms with Crippen LogP contribution in [0.4, 0.5) is 0 Å². The lowest BCUT2D eigenvalue weighted by Crippen LogP contribution is -2.01. The number of aliphatic hydroxyl groups is 1. The minimum Gasteiger partial charge on any atom is -0.510 e. The second-order valence-corrected chi connectivity index (χ2v) is 8.11. The highest BCUT2D eigenvalue weighted by molar-refractivity contribution is 7.99. The lowest BCUT2D eigenvalue weighted by atomic mass is 10.2. The van der Waals surface area contributed by atoms with Gasteiger partial charge < -0.3 is 10.1 Å². The number of hydrogen-bond donors (Lipinski definition) is 2. The maximum Gasteiger partial charge on any atom is 0.196 e. The van der Waals surface area contributed by atoms with Gasteiger partial charge in [-0.25, -0.2) is 4.98 Å². The molecular weight excluding hydrogens is 432 g/mol. The summed E-state index contributed by atoms with van der Waals surface area (Å²) in [6, 6.07) is 29.2. The molecule has 0 aliphatic heterocycles. The van der Waals surface area contributed by atoms with E-state index in [-0.39, 0.29) is 17.1 Å². The van der Waals surface area contributed by atoms with Gasteiger partial charge in [0.15, 0.2) is 16.8 Å². The first-order valence-corrected chi connectivity index (χ1v) is 11.2. The quantitative estimate of drug-likeness (QED) is 0.204. The molecule has 0 aliphatic rings. The maximum atomic E-state index is 10.8. The molecule has 0 saturated carbocycles. The van der Waals surface area contributed by atoms with Gasteiger partial charge in [-0.15, -0.1) is 10.2 Å². The Labute approximate surface area is 194 Å². The number of rotatable bonds is 6. The zero-order chi connectivity index (χ0) is 22.6. The summed E-state index contributed by atoms with van der Waals surface area (Å²) in [6.07, 6.45) is 0. The fraction of sp³-hybridized carbons (Fsp3) is 0.0400. The first kappa shape index (κ1) is 20.5. The van der Waals surface area contributed by atoms with E-state index in [1.807, 2.05) is 89.5 Å². The van der Waals surface area contributed by atoms with Gasteiger partial charge in [0.05, 0.1) is 16.8 Å². The summed E-state index contributed by atoms with van der Waals surface area (Å²) in [5.41, 5.74) is 3.48. The Bertz CT molecular complexity index is 1450. The van der Waals surface area contributed by atoms with Crippen LogP contribution in [0.15, 0.2) is 95.8 Å². The maximum absolute atomic E-state index is 10.8. The number of benzene rings is 3. The predicted molar refractivity (Wildman–Crippen MR) is 129 cm³/mol. The lowest BCUT2D eigenvalue weighted by molar-refractivity contribution is 0.420. The van der Waals surface area contributed by atoms with Crippen LogP contribution in [0.1, 0.15) is 5.82 Å². The highest BCUT2D eigenvalue weighted by Crippen LogP contribution is 2.29. The van der Waals surface area contributed by atoms with Crippen LogP contribution in [0.3, 0.4) is 0 Å². The van der Waals surface area contributed by atoms with Crippen LogP contribution in [0.2, 0.25) is 0 Å². The summed E-state index contributed by atoms with van der Waals surface area (Å²) in [5.74, 6) is 1.10. The van der Waals surface area contributed by atoms with Gasteiger partial charge in [-0.3, -0.25) is 4.57 Å². The van der Waals surface area contributed by atoms with Crippen molar-refractivity contribution in [2.24, 2.45) is 0 Å². The summed E-state index contributed by atoms with van der Waals surface area (Å²) in [7, 11) is 0. The number of H-pyrrole nitrogens is 1. The highest BCUT2D eigenvalue weighted by atomic mass is 32.2. The number of nitrogens with zero attached hydrogens (tertiary/aromatic N) is 5. The summed E-state index contributed by atoms with van der Waals surface area (Å²) < 4.78 is 1.94. The van der Waals surface area contributed by atoms with Gasteiger partial charge in [0, 0.05) is 11.3 Å². The largest absolute Gasteiger partial charge is 0.510 e. The van der Waals surface area contributed by atoms with Crippen molar-refractivity contribution in [2.75, 3.05) is 5.75 Å². The van der Waals surface area contributed by atoms with Crippen molar-refractivity contribution < 1.29 is 5.11 Å². The fourth-order valence-corrected chi connectivity index (χ4v) is 4.31. The van der Waals surface area contributed by atoms with Crippen LogP contribution < -0.4 is 0 Å². The van der Waals surface area contributed by atoms with Crippen molar-refractivity contribution in [3.63, 3.8) is 0 Å². The zero-order valence-corrected chi connectivity index (χ0v) is 18.2. The Morgan fingerprint density at radius 3 is 2.36 bits per heavy atom. The smallest absolute Gasteiger partial charge is 0.196 e. The van der Waals surface area contributed by atoms with Gasteiger partial charge >= 0.3 is 0 Å². The number of aromatic nitrogens is 5. The van der Waals surface area contributed by atoms with Crippen LogP contribution in [0.5, 0.6) is 0 Å². The van der Waals surface area contributed by atoms with E-state index in [1.54, 1.807) is 0 Å². The third-order valence-electron chi connectivity index (χ3n) is 5.04. The van der Waals surface area contributed by atoms with Gasteiger partial charge in [0.2, 0.25) is 0 Å². The molecule has 0 unspecified atom stereocenters. The van der Waals surface area contributed by atoms with E-state index in [0.717, 1.165) is 22.3 Å². The normalized spacial score (nSPS) is 11.8. The monoisotopic (exact) mass is 450 g/mol. The van der Waals surface area contributed by atoms with Crippen LogP contribution in [-0.2, 0) is 0 Å². The highest BCUT2D eigenvalue weighted by Gasteiger charge is 2.18. The molecule has 0 radical (unpaired) electrons. The average molecular weight is 451 g/mol. The summed E-state index contributed by atoms with van der Waals surface area (Å²) in [4.78, 5) is 7.53. The molecule has 0 fully saturated rings. The summed E-state index contributed by atoms with van der Waals surface area (Å²) in [5, 5.41) is 29.8. The second-order valence-electron chi connectivity index (χ2n) is 7.17. The molecule has 5 aromatic rings. The molecule has 5 rings (SSSR count). The molecule has 0 aliphatic carbocycles. The third-order valence-corrected chi connectivity index (χ3v) is 5.98. The Morgan fingerprint density at radius 2 is 1.64 bits per heavy atom. The molecular formula is C25H18N6OS. The second kappa shape index (κ2) is 9.02. The molecule has 3 aromatic carbocycles. The summed E-state index contributed by atoms with van der Waals surface area (Å²) in [6.45, 7) is 0. The minimum absolute atomic E-state index is 0.0783. The van der Waals surface area contributed by atoms with Crippen molar-refractivity contribution in [3.8, 4) is 23.1 Å². The number of aliphatic hydroxyl groups excluding tert-OH is 1. The van der Waals surface area contributed by atoms with E-state index in [1.165, 1.54) is 11.8 Å². The van der Waals surface area contributed by atoms with E-state index in [4.69, 9.17) is 0 Å². The van der Waals surface area contributed by atoms with Crippen LogP contribution in [0, 0.1) is 11.3 Å². The number of hydrogen-bond acceptors (Lipinski definition) is 6. The number of nitrogens with one attached hydrogen (secondary N) is 1. The molecule has 2 N–H and O–H groups in total. The number of nitriles is 1. The van der Waals surface area contributed by atoms with Crippen molar-refractivity contribution >= 4 is 28.4 Å². The molecule has 0 amide bonds. The topological polar surface area (TPSA) is 103 Å². The molecule has 0 saturated heterocycles. The van der Waals surface area contributed by atoms with Gasteiger partial charge in [-0.2, -0.15) is 5.26 Å². The van der Waals surface area contributed by atoms with Crippen LogP contribution in [-0.4, -0.2) is 35.6 Å². The lowest BCUT2D eigenvalue weighted by Gasteiger charge is -2.10. The molecule has 2 aromatic heterocycles. The van der Waals surface area contributed by atoms with Crippen molar-refractivity contribution in [2.45, 2.75) is 5.16 Å². The minimum atomic E-state index is -0.0783. The molecule has 33 heavy (non-hydrogen) atoms. The molecule has 0 atom stereocenters. The Hall–Kier alpha value is -4.35. The predicted octanol–water partition coefficient (Wildman–Crippen LogP) is 5.40. The van der Waals surface area contributed by atoms with Crippen molar-refractivity contribution in [3.05, 3.63) is 96.5 Å². The van der Waals surface area contributed by atoms with Crippen molar-refractivity contribution in [1.82, 2.24) is 24.7 Å². The standard InChI is InChI=1S/C25H18N6OS/c26-15-19(23-27-20-13-7-8-14-21(20)28-23)22(32)16-33-25-30-29-24(17-9-3-1-4-10-17)31(25)18-11-5-2-6-12-18/h1-14,32H,16H2,(H,27,28). The molecule has 0 spiro atoms. The molecule has 7 nitrogen and oxygen atoms in total. The van der Waals surface area contributed by atoms with Gasteiger partial charge in [0.1, 0.15) is 17.4 Å². The Balaban J connectivity index is 1.49. The Kier molecular flexibility index (Phi) is 5.62. The molecule has 8 heteroatoms. The van der Waals surface area contributed by atoms with E-state index >= 15 is 0 Å². The molecule has 0 bridgehead atoms. The van der Waals surface area contributed by atoms with E-state index in [0.29, 0.717) is 16.8 Å². The molecule has 160 valence electrons. The number of para-hydroxylation sites is 3. The van der Waals surface area contributed by atoms with E-state index in [2.05, 4.69) is 26.2 Å². The molecule has 2 heterocycles. The number of thioether (sulfide) groups is 1. The van der Waals surface area contributed by atoms with Crippen LogP contribution in [0.25, 0.3) is 33.7 Å². The average Bonchev–Trinajstić information content (AvgIpc) is 3.48. The zero-order valence-electron chi connectivity index (χ0n) is 17.4. The summed E-state index contributed by atoms with van der Waals surface area (Å²) >= 11 is 1.30. The Morgan fingerprint density at radius 1 is 0.939 bits per heavy atom. The third kappa shape index (κ3) is 4.10. The number of fused-ring (bicyclic) bond motifs is 1. The van der Waals surface area contributed by atoms with Gasteiger partial charge in [-0.05, 0) is 24.3 Å². The van der Waals surface area contributed by atoms with Gasteiger partial charge in [-0.1, -0.05) is 72.4 Å². The van der Waals surface area contributed by atoms with Crippen LogP contribution >= 0.6 is 11.8 Å². The number of aromatic amines is 1. The first-order valence-electron chi connectivity index (χ1n) is 10.2. The SMILES string of the molecule is N#CC(=C(O)CSc1nnc(-c2ccccc2)n1-c1ccccc1)c1nc2ccccc2[nH]1. The first-order chi connectivity index (χ1) is 16.2. The fourth-order valence-electron chi connectivity index (χ4n) is 3.48. The van der Waals surface area contributed by atoms with Gasteiger partial charge in [0.25, 0.3) is 0 Å². The number of imidazole rings is 1. The van der Waals surface area contributed by atoms with Crippen molar-refractivity contribution in [1.29, 1.82) is 5.26 Å². The number of allylic oxidation sites excluding steroid dienone is 1.